The van der Waals surface area contributed by atoms with Gasteiger partial charge in [0.1, 0.15) is 11.3 Å². The molecule has 0 atom stereocenters. The third kappa shape index (κ3) is 2.03. The van der Waals surface area contributed by atoms with Gasteiger partial charge in [-0.2, -0.15) is 9.97 Å². The number of fused-ring (bicyclic) bond motifs is 1. The van der Waals surface area contributed by atoms with E-state index in [1.165, 1.54) is 12.4 Å². The van der Waals surface area contributed by atoms with Crippen molar-refractivity contribution in [2.45, 2.75) is 6.92 Å². The second-order valence-electron chi connectivity index (χ2n) is 4.30. The minimum Gasteiger partial charge on any atom is -0.357 e. The number of hydrogen-bond acceptors (Lipinski definition) is 5. The number of benzene rings is 1. The number of H-pyrrole nitrogens is 1. The van der Waals surface area contributed by atoms with Crippen molar-refractivity contribution >= 4 is 28.6 Å². The van der Waals surface area contributed by atoms with E-state index in [1.54, 1.807) is 13.1 Å². The summed E-state index contributed by atoms with van der Waals surface area (Å²) in [6.07, 6.45) is 1.53. The summed E-state index contributed by atoms with van der Waals surface area (Å²) in [5.74, 6) is 0.563. The van der Waals surface area contributed by atoms with Crippen molar-refractivity contribution in [1.82, 2.24) is 19.9 Å². The molecule has 3 aromatic rings. The van der Waals surface area contributed by atoms with E-state index < -0.39 is 0 Å². The van der Waals surface area contributed by atoms with Crippen LogP contribution >= 0.6 is 0 Å². The molecule has 102 valence electrons. The van der Waals surface area contributed by atoms with Crippen molar-refractivity contribution < 1.29 is 4.39 Å². The second-order valence-corrected chi connectivity index (χ2v) is 4.30. The van der Waals surface area contributed by atoms with Gasteiger partial charge in [-0.3, -0.25) is 0 Å². The maximum absolute atomic E-state index is 13.9. The first-order valence-corrected chi connectivity index (χ1v) is 6.10. The number of halogens is 1. The highest BCUT2D eigenvalue weighted by molar-refractivity contribution is 5.86. The quantitative estimate of drug-likeness (QED) is 0.683. The van der Waals surface area contributed by atoms with E-state index in [-0.39, 0.29) is 5.82 Å². The number of aromatic nitrogens is 4. The lowest BCUT2D eigenvalue weighted by atomic mass is 10.2. The summed E-state index contributed by atoms with van der Waals surface area (Å²) < 4.78 is 13.9. The summed E-state index contributed by atoms with van der Waals surface area (Å²) >= 11 is 0. The van der Waals surface area contributed by atoms with Gasteiger partial charge in [-0.25, -0.2) is 9.37 Å². The zero-order valence-corrected chi connectivity index (χ0v) is 11.0. The molecule has 20 heavy (non-hydrogen) atoms. The lowest BCUT2D eigenvalue weighted by molar-refractivity contribution is 0.631. The van der Waals surface area contributed by atoms with Crippen molar-refractivity contribution in [3.05, 3.63) is 35.9 Å². The number of nitrogens with one attached hydrogen (secondary N) is 3. The fourth-order valence-corrected chi connectivity index (χ4v) is 1.94. The molecule has 0 unspecified atom stereocenters. The summed E-state index contributed by atoms with van der Waals surface area (Å²) in [4.78, 5) is 15.5. The van der Waals surface area contributed by atoms with Crippen molar-refractivity contribution in [3.8, 4) is 0 Å². The molecule has 3 N–H and O–H groups in total. The highest BCUT2D eigenvalue weighted by Gasteiger charge is 2.12. The van der Waals surface area contributed by atoms with Gasteiger partial charge in [0.2, 0.25) is 5.95 Å². The Morgan fingerprint density at radius 1 is 1.25 bits per heavy atom. The smallest absolute Gasteiger partial charge is 0.226 e. The first-order chi connectivity index (χ1) is 9.69. The molecule has 7 heteroatoms. The number of hydrogen-bond donors (Lipinski definition) is 3. The molecule has 2 heterocycles. The summed E-state index contributed by atoms with van der Waals surface area (Å²) in [7, 11) is 1.71. The number of anilines is 3. The fraction of sp³-hybridized carbons (Fsp3) is 0.154. The van der Waals surface area contributed by atoms with Crippen LogP contribution in [0.3, 0.4) is 0 Å². The van der Waals surface area contributed by atoms with Crippen LogP contribution in [0.4, 0.5) is 21.8 Å². The van der Waals surface area contributed by atoms with Gasteiger partial charge < -0.3 is 15.6 Å². The number of rotatable bonds is 3. The first-order valence-electron chi connectivity index (χ1n) is 6.10. The molecule has 1 aromatic carbocycles. The van der Waals surface area contributed by atoms with Gasteiger partial charge in [-0.1, -0.05) is 12.1 Å². The van der Waals surface area contributed by atoms with Crippen LogP contribution in [-0.2, 0) is 0 Å². The van der Waals surface area contributed by atoms with Crippen LogP contribution in [0.15, 0.2) is 24.5 Å². The molecule has 0 bridgehead atoms. The van der Waals surface area contributed by atoms with Gasteiger partial charge >= 0.3 is 0 Å². The van der Waals surface area contributed by atoms with Gasteiger partial charge in [-0.05, 0) is 18.6 Å². The third-order valence-electron chi connectivity index (χ3n) is 2.97. The van der Waals surface area contributed by atoms with Crippen molar-refractivity contribution in [3.63, 3.8) is 0 Å². The maximum atomic E-state index is 13.9. The fourth-order valence-electron chi connectivity index (χ4n) is 1.94. The van der Waals surface area contributed by atoms with Crippen LogP contribution in [0.2, 0.25) is 0 Å². The van der Waals surface area contributed by atoms with Crippen LogP contribution in [-0.4, -0.2) is 27.0 Å². The molecular formula is C13H13FN6. The van der Waals surface area contributed by atoms with Crippen LogP contribution < -0.4 is 10.6 Å². The van der Waals surface area contributed by atoms with Crippen LogP contribution in [0, 0.1) is 12.7 Å². The molecule has 0 aliphatic carbocycles. The van der Waals surface area contributed by atoms with Crippen molar-refractivity contribution in [2.24, 2.45) is 0 Å². The van der Waals surface area contributed by atoms with E-state index in [0.29, 0.717) is 28.6 Å². The van der Waals surface area contributed by atoms with E-state index in [0.717, 1.165) is 5.56 Å². The zero-order chi connectivity index (χ0) is 14.1. The van der Waals surface area contributed by atoms with Crippen molar-refractivity contribution in [2.75, 3.05) is 17.7 Å². The zero-order valence-electron chi connectivity index (χ0n) is 11.0. The number of para-hydroxylation sites is 1. The number of aromatic amines is 1. The second kappa shape index (κ2) is 4.76. The Morgan fingerprint density at radius 2 is 2.10 bits per heavy atom. The number of imidazole rings is 1. The molecule has 0 saturated heterocycles. The Balaban J connectivity index is 2.12. The minimum atomic E-state index is -0.331. The summed E-state index contributed by atoms with van der Waals surface area (Å²) in [6, 6.07) is 4.90. The Labute approximate surface area is 114 Å². The Kier molecular flexibility index (Phi) is 2.94. The molecule has 6 nitrogen and oxygen atoms in total. The SMILES string of the molecule is CNc1nc(Nc2c(C)cccc2F)c2[nH]cnc2n1. The van der Waals surface area contributed by atoms with Gasteiger partial charge in [0.25, 0.3) is 0 Å². The highest BCUT2D eigenvalue weighted by Crippen LogP contribution is 2.26. The van der Waals surface area contributed by atoms with E-state index >= 15 is 0 Å². The Hall–Kier alpha value is -2.70. The van der Waals surface area contributed by atoms with Gasteiger partial charge in [-0.15, -0.1) is 0 Å². The average Bonchev–Trinajstić information content (AvgIpc) is 2.91. The molecule has 0 aliphatic heterocycles. The molecule has 3 rings (SSSR count). The lowest BCUT2D eigenvalue weighted by Crippen LogP contribution is -2.03. The van der Waals surface area contributed by atoms with E-state index in [4.69, 9.17) is 0 Å². The van der Waals surface area contributed by atoms with Crippen LogP contribution in [0.5, 0.6) is 0 Å². The molecule has 0 fully saturated rings. The monoisotopic (exact) mass is 272 g/mol. The summed E-state index contributed by atoms with van der Waals surface area (Å²) in [5.41, 5.74) is 2.33. The molecule has 0 radical (unpaired) electrons. The molecule has 0 spiro atoms. The molecule has 0 aliphatic rings. The van der Waals surface area contributed by atoms with Gasteiger partial charge in [0.05, 0.1) is 12.0 Å². The van der Waals surface area contributed by atoms with E-state index in [9.17, 15) is 4.39 Å². The van der Waals surface area contributed by atoms with Crippen LogP contribution in [0.25, 0.3) is 11.2 Å². The molecule has 0 saturated carbocycles. The standard InChI is InChI=1S/C13H13FN6/c1-7-4-3-5-8(14)9(7)18-12-10-11(17-6-16-10)19-13(15-2)20-12/h3-6H,1-2H3,(H3,15,16,17,18,19,20). The highest BCUT2D eigenvalue weighted by atomic mass is 19.1. The number of aryl methyl sites for hydroxylation is 1. The summed E-state index contributed by atoms with van der Waals surface area (Å²) in [5, 5.41) is 5.86. The molecular weight excluding hydrogens is 259 g/mol. The van der Waals surface area contributed by atoms with E-state index in [2.05, 4.69) is 30.6 Å². The van der Waals surface area contributed by atoms with Gasteiger partial charge in [0.15, 0.2) is 11.5 Å². The van der Waals surface area contributed by atoms with Gasteiger partial charge in [0, 0.05) is 7.05 Å². The lowest BCUT2D eigenvalue weighted by Gasteiger charge is -2.11. The summed E-state index contributed by atoms with van der Waals surface area (Å²) in [6.45, 7) is 1.83. The maximum Gasteiger partial charge on any atom is 0.226 e. The predicted molar refractivity (Wildman–Crippen MR) is 75.7 cm³/mol. The first kappa shape index (κ1) is 12.3. The molecule has 0 amide bonds. The largest absolute Gasteiger partial charge is 0.357 e. The Bertz CT molecular complexity index is 746. The van der Waals surface area contributed by atoms with E-state index in [1.807, 2.05) is 13.0 Å². The Morgan fingerprint density at radius 3 is 2.85 bits per heavy atom. The topological polar surface area (TPSA) is 78.5 Å². The number of nitrogens with zero attached hydrogens (tertiary/aromatic N) is 3. The van der Waals surface area contributed by atoms with Crippen LogP contribution in [0.1, 0.15) is 5.56 Å². The third-order valence-corrected chi connectivity index (χ3v) is 2.97. The van der Waals surface area contributed by atoms with Crippen molar-refractivity contribution in [1.29, 1.82) is 0 Å². The predicted octanol–water partition coefficient (Wildman–Crippen LogP) is 2.59. The average molecular weight is 272 g/mol. The molecule has 2 aromatic heterocycles. The normalized spacial score (nSPS) is 10.8. The minimum absolute atomic E-state index is 0.331.